The fourth-order valence-electron chi connectivity index (χ4n) is 0.419. The van der Waals surface area contributed by atoms with Crippen LogP contribution in [0.3, 0.4) is 0 Å². The smallest absolute Gasteiger partial charge is 0.246 e. The Morgan fingerprint density at radius 2 is 1.86 bits per heavy atom. The quantitative estimate of drug-likeness (QED) is 0.463. The fourth-order valence-corrected chi connectivity index (χ4v) is 1.06. The van der Waals surface area contributed by atoms with Gasteiger partial charge in [-0.1, -0.05) is 0 Å². The molecule has 0 saturated heterocycles. The van der Waals surface area contributed by atoms with Gasteiger partial charge >= 0.3 is 5.69 Å². The molecule has 40 valence electrons. The predicted octanol–water partition coefficient (Wildman–Crippen LogP) is -0.215. The topological polar surface area (TPSA) is 26.9 Å². The highest BCUT2D eigenvalue weighted by Crippen LogP contribution is 1.84. The Morgan fingerprint density at radius 1 is 1.43 bits per heavy atom. The van der Waals surface area contributed by atoms with Gasteiger partial charge in [0.2, 0.25) is 0 Å². The first-order valence-corrected chi connectivity index (χ1v) is 2.64. The molecule has 1 aromatic heterocycles. The third kappa shape index (κ3) is 0.507. The van der Waals surface area contributed by atoms with E-state index in [9.17, 15) is 4.79 Å². The van der Waals surface area contributed by atoms with E-state index in [1.165, 1.54) is 11.7 Å². The molecule has 0 radical (unpaired) electrons. The summed E-state index contributed by atoms with van der Waals surface area (Å²) in [6, 6.07) is 0. The average Bonchev–Trinajstić information content (AvgIpc) is 1.68. The van der Waals surface area contributed by atoms with E-state index in [-0.39, 0.29) is 5.69 Å². The van der Waals surface area contributed by atoms with Crippen LogP contribution >= 0.6 is 11.7 Å². The zero-order valence-electron chi connectivity index (χ0n) is 4.21. The van der Waals surface area contributed by atoms with Crippen LogP contribution in [0, 0.1) is 0 Å². The zero-order chi connectivity index (χ0) is 5.44. The maximum Gasteiger partial charge on any atom is 0.348 e. The molecule has 0 spiro atoms. The molecular formula is C3H6N2OS. The molecule has 4 heteroatoms. The summed E-state index contributed by atoms with van der Waals surface area (Å²) in [5, 5.41) is 0. The lowest BCUT2D eigenvalue weighted by atomic mass is 11.1. The third-order valence-corrected chi connectivity index (χ3v) is 1.59. The first-order valence-electron chi connectivity index (χ1n) is 1.91. The molecule has 1 heterocycles. The van der Waals surface area contributed by atoms with Crippen LogP contribution in [0.25, 0.3) is 0 Å². The highest BCUT2D eigenvalue weighted by atomic mass is 32.1. The number of aromatic nitrogens is 2. The van der Waals surface area contributed by atoms with Gasteiger partial charge in [-0.15, -0.1) is 0 Å². The van der Waals surface area contributed by atoms with Crippen molar-refractivity contribution in [2.24, 2.45) is 14.1 Å². The van der Waals surface area contributed by atoms with Gasteiger partial charge < -0.3 is 0 Å². The van der Waals surface area contributed by atoms with Gasteiger partial charge in [0, 0.05) is 25.8 Å². The van der Waals surface area contributed by atoms with Gasteiger partial charge in [-0.3, -0.25) is 0 Å². The minimum Gasteiger partial charge on any atom is -0.246 e. The SMILES string of the molecule is Cn1sn(C)c1=O. The van der Waals surface area contributed by atoms with Crippen LogP contribution in [-0.4, -0.2) is 7.91 Å². The van der Waals surface area contributed by atoms with E-state index < -0.39 is 0 Å². The maximum absolute atomic E-state index is 10.4. The molecule has 0 aliphatic rings. The summed E-state index contributed by atoms with van der Waals surface area (Å²) in [6.07, 6.45) is 0. The van der Waals surface area contributed by atoms with Crippen molar-refractivity contribution in [3.05, 3.63) is 10.5 Å². The minimum atomic E-state index is 0.0741. The van der Waals surface area contributed by atoms with Gasteiger partial charge in [-0.25, -0.2) is 12.7 Å². The molecule has 0 saturated carbocycles. The van der Waals surface area contributed by atoms with Gasteiger partial charge in [-0.05, 0) is 0 Å². The molecule has 0 fully saturated rings. The lowest BCUT2D eigenvalue weighted by Crippen LogP contribution is -2.29. The van der Waals surface area contributed by atoms with Crippen LogP contribution in [0.15, 0.2) is 4.79 Å². The summed E-state index contributed by atoms with van der Waals surface area (Å²) in [4.78, 5) is 10.4. The Balaban J connectivity index is 3.17. The number of rotatable bonds is 0. The highest BCUT2D eigenvalue weighted by molar-refractivity contribution is 7.01. The molecule has 1 aromatic rings. The van der Waals surface area contributed by atoms with Gasteiger partial charge in [0.05, 0.1) is 0 Å². The van der Waals surface area contributed by atoms with Crippen LogP contribution in [0.2, 0.25) is 0 Å². The monoisotopic (exact) mass is 118 g/mol. The molecule has 1 rings (SSSR count). The van der Waals surface area contributed by atoms with Crippen LogP contribution in [0.5, 0.6) is 0 Å². The standard InChI is InChI=1S/C3H6N2OS/c1-4-3(6)5(2)7-4/h1-2H3. The van der Waals surface area contributed by atoms with Crippen LogP contribution < -0.4 is 5.69 Å². The van der Waals surface area contributed by atoms with E-state index in [2.05, 4.69) is 0 Å². The van der Waals surface area contributed by atoms with Gasteiger partial charge in [0.25, 0.3) is 0 Å². The van der Waals surface area contributed by atoms with Crippen molar-refractivity contribution in [1.29, 1.82) is 0 Å². The predicted molar refractivity (Wildman–Crippen MR) is 28.5 cm³/mol. The van der Waals surface area contributed by atoms with Gasteiger partial charge in [0.15, 0.2) is 0 Å². The van der Waals surface area contributed by atoms with Gasteiger partial charge in [0.1, 0.15) is 0 Å². The average molecular weight is 118 g/mol. The Kier molecular flexibility index (Phi) is 0.815. The first-order chi connectivity index (χ1) is 3.22. The number of hydrogen-bond acceptors (Lipinski definition) is 2. The Bertz CT molecular complexity index is 188. The second kappa shape index (κ2) is 1.23. The lowest BCUT2D eigenvalue weighted by molar-refractivity contribution is 0.759. The van der Waals surface area contributed by atoms with E-state index >= 15 is 0 Å². The highest BCUT2D eigenvalue weighted by Gasteiger charge is 1.95. The Hall–Kier alpha value is -0.510. The molecule has 3 nitrogen and oxygen atoms in total. The largest absolute Gasteiger partial charge is 0.348 e. The number of aryl methyl sites for hydroxylation is 2. The Labute approximate surface area is 45.1 Å². The van der Waals surface area contributed by atoms with Crippen molar-refractivity contribution < 1.29 is 0 Å². The molecule has 0 N–H and O–H groups in total. The molecule has 0 unspecified atom stereocenters. The van der Waals surface area contributed by atoms with Crippen molar-refractivity contribution in [3.8, 4) is 0 Å². The van der Waals surface area contributed by atoms with Crippen LogP contribution in [-0.2, 0) is 14.1 Å². The van der Waals surface area contributed by atoms with Crippen molar-refractivity contribution in [3.63, 3.8) is 0 Å². The van der Waals surface area contributed by atoms with E-state index in [4.69, 9.17) is 0 Å². The molecule has 0 atom stereocenters. The van der Waals surface area contributed by atoms with Crippen LogP contribution in [0.1, 0.15) is 0 Å². The minimum absolute atomic E-state index is 0.0741. The maximum atomic E-state index is 10.4. The summed E-state index contributed by atoms with van der Waals surface area (Å²) < 4.78 is 3.14. The van der Waals surface area contributed by atoms with E-state index in [0.29, 0.717) is 0 Å². The van der Waals surface area contributed by atoms with Gasteiger partial charge in [-0.2, -0.15) is 0 Å². The van der Waals surface area contributed by atoms with Crippen molar-refractivity contribution in [1.82, 2.24) is 7.91 Å². The number of nitrogens with zero attached hydrogens (tertiary/aromatic N) is 2. The third-order valence-electron chi connectivity index (χ3n) is 0.784. The molecule has 0 bridgehead atoms. The van der Waals surface area contributed by atoms with E-state index in [1.54, 1.807) is 22.0 Å². The second-order valence-electron chi connectivity index (χ2n) is 1.36. The van der Waals surface area contributed by atoms with E-state index in [1.807, 2.05) is 0 Å². The van der Waals surface area contributed by atoms with Crippen molar-refractivity contribution in [2.45, 2.75) is 0 Å². The second-order valence-corrected chi connectivity index (χ2v) is 2.62. The van der Waals surface area contributed by atoms with Crippen molar-refractivity contribution in [2.75, 3.05) is 0 Å². The Morgan fingerprint density at radius 3 is 1.86 bits per heavy atom. The molecule has 0 aliphatic heterocycles. The summed E-state index contributed by atoms with van der Waals surface area (Å²) in [7, 11) is 3.49. The lowest BCUT2D eigenvalue weighted by Gasteiger charge is -2.02. The summed E-state index contributed by atoms with van der Waals surface area (Å²) in [5.41, 5.74) is 0.0741. The normalized spacial score (nSPS) is 10.0. The summed E-state index contributed by atoms with van der Waals surface area (Å²) >= 11 is 1.41. The first kappa shape index (κ1) is 4.64. The zero-order valence-corrected chi connectivity index (χ0v) is 5.03. The summed E-state index contributed by atoms with van der Waals surface area (Å²) in [5.74, 6) is 0. The molecule has 7 heavy (non-hydrogen) atoms. The van der Waals surface area contributed by atoms with E-state index in [0.717, 1.165) is 0 Å². The molecule has 0 aliphatic carbocycles. The molecule has 0 amide bonds. The van der Waals surface area contributed by atoms with Crippen LogP contribution in [0.4, 0.5) is 0 Å². The molecular weight excluding hydrogens is 112 g/mol. The van der Waals surface area contributed by atoms with Crippen molar-refractivity contribution >= 4 is 11.7 Å². The fraction of sp³-hybridized carbons (Fsp3) is 0.667. The molecule has 0 aromatic carbocycles. The number of hydrogen-bond donors (Lipinski definition) is 0. The summed E-state index contributed by atoms with van der Waals surface area (Å²) in [6.45, 7) is 0.